The second kappa shape index (κ2) is 4.60. The second-order valence-corrected chi connectivity index (χ2v) is 3.78. The first-order valence-corrected chi connectivity index (χ1v) is 4.83. The summed E-state index contributed by atoms with van der Waals surface area (Å²) in [5.41, 5.74) is 0.550. The van der Waals surface area contributed by atoms with E-state index in [4.69, 9.17) is 0 Å². The van der Waals surface area contributed by atoms with Crippen LogP contribution in [0.15, 0.2) is 24.3 Å². The van der Waals surface area contributed by atoms with Crippen LogP contribution in [0.5, 0.6) is 0 Å². The van der Waals surface area contributed by atoms with Gasteiger partial charge in [0.15, 0.2) is 0 Å². The zero-order valence-electron chi connectivity index (χ0n) is 8.93. The number of aliphatic hydroxyl groups excluding tert-OH is 1. The van der Waals surface area contributed by atoms with Crippen molar-refractivity contribution in [2.45, 2.75) is 31.5 Å². The van der Waals surface area contributed by atoms with Crippen LogP contribution in [0.4, 0.5) is 22.0 Å². The highest BCUT2D eigenvalue weighted by Gasteiger charge is 2.58. The number of rotatable bonds is 3. The maximum atomic E-state index is 12.7. The standard InChI is InChI=1S/C11H11F5O/c1-7-4-2-3-5-8(7)9(17)6-10(12,13)11(14,15)16/h2-5,9,17H,6H2,1H3. The first-order valence-electron chi connectivity index (χ1n) is 4.83. The van der Waals surface area contributed by atoms with Crippen LogP contribution < -0.4 is 0 Å². The van der Waals surface area contributed by atoms with Crippen LogP contribution >= 0.6 is 0 Å². The number of hydrogen-bond acceptors (Lipinski definition) is 1. The van der Waals surface area contributed by atoms with Gasteiger partial charge in [-0.3, -0.25) is 0 Å². The summed E-state index contributed by atoms with van der Waals surface area (Å²) in [6.45, 7) is 1.53. The zero-order valence-corrected chi connectivity index (χ0v) is 8.93. The molecular formula is C11H11F5O. The molecule has 1 aromatic rings. The number of alkyl halides is 5. The van der Waals surface area contributed by atoms with E-state index in [1.807, 2.05) is 0 Å². The highest BCUT2D eigenvalue weighted by molar-refractivity contribution is 5.27. The monoisotopic (exact) mass is 254 g/mol. The van der Waals surface area contributed by atoms with Crippen LogP contribution in [0.25, 0.3) is 0 Å². The van der Waals surface area contributed by atoms with Crippen LogP contribution in [0.2, 0.25) is 0 Å². The van der Waals surface area contributed by atoms with Gasteiger partial charge in [0.05, 0.1) is 12.5 Å². The number of aliphatic hydroxyl groups is 1. The van der Waals surface area contributed by atoms with Gasteiger partial charge in [-0.15, -0.1) is 0 Å². The normalized spacial score (nSPS) is 14.8. The molecule has 0 aliphatic rings. The molecule has 1 rings (SSSR count). The van der Waals surface area contributed by atoms with Crippen molar-refractivity contribution in [1.82, 2.24) is 0 Å². The lowest BCUT2D eigenvalue weighted by atomic mass is 9.98. The zero-order chi connectivity index (χ0) is 13.3. The lowest BCUT2D eigenvalue weighted by Gasteiger charge is -2.23. The molecule has 0 fully saturated rings. The Balaban J connectivity index is 2.87. The minimum Gasteiger partial charge on any atom is -0.388 e. The molecule has 0 radical (unpaired) electrons. The quantitative estimate of drug-likeness (QED) is 0.817. The van der Waals surface area contributed by atoms with Crippen molar-refractivity contribution in [3.8, 4) is 0 Å². The molecule has 1 atom stereocenters. The molecule has 0 amide bonds. The fourth-order valence-electron chi connectivity index (χ4n) is 1.43. The predicted octanol–water partition coefficient (Wildman–Crippen LogP) is 3.62. The Morgan fingerprint density at radius 2 is 1.65 bits per heavy atom. The van der Waals surface area contributed by atoms with Gasteiger partial charge in [-0.25, -0.2) is 0 Å². The minimum absolute atomic E-state index is 0.0800. The van der Waals surface area contributed by atoms with Crippen molar-refractivity contribution in [2.75, 3.05) is 0 Å². The molecule has 0 aliphatic heterocycles. The average Bonchev–Trinajstić information content (AvgIpc) is 2.15. The van der Waals surface area contributed by atoms with E-state index in [0.717, 1.165) is 0 Å². The van der Waals surface area contributed by atoms with E-state index in [-0.39, 0.29) is 5.56 Å². The average molecular weight is 254 g/mol. The molecule has 6 heteroatoms. The number of hydrogen-bond donors (Lipinski definition) is 1. The molecule has 1 N–H and O–H groups in total. The number of aryl methyl sites for hydroxylation is 1. The smallest absolute Gasteiger partial charge is 0.388 e. The Morgan fingerprint density at radius 3 is 2.12 bits per heavy atom. The lowest BCUT2D eigenvalue weighted by molar-refractivity contribution is -0.290. The van der Waals surface area contributed by atoms with Gasteiger partial charge in [0.2, 0.25) is 0 Å². The second-order valence-electron chi connectivity index (χ2n) is 3.78. The minimum atomic E-state index is -5.64. The van der Waals surface area contributed by atoms with Crippen molar-refractivity contribution >= 4 is 0 Å². The van der Waals surface area contributed by atoms with Gasteiger partial charge in [-0.1, -0.05) is 24.3 Å². The van der Waals surface area contributed by atoms with Crippen molar-refractivity contribution in [2.24, 2.45) is 0 Å². The summed E-state index contributed by atoms with van der Waals surface area (Å²) < 4.78 is 61.3. The summed E-state index contributed by atoms with van der Waals surface area (Å²) in [4.78, 5) is 0. The lowest BCUT2D eigenvalue weighted by Crippen LogP contribution is -2.37. The van der Waals surface area contributed by atoms with Crippen LogP contribution in [0.1, 0.15) is 23.7 Å². The maximum absolute atomic E-state index is 12.7. The Labute approximate surface area is 94.9 Å². The fourth-order valence-corrected chi connectivity index (χ4v) is 1.43. The van der Waals surface area contributed by atoms with E-state index in [1.54, 1.807) is 6.07 Å². The summed E-state index contributed by atoms with van der Waals surface area (Å²) in [6, 6.07) is 5.93. The highest BCUT2D eigenvalue weighted by Crippen LogP contribution is 2.41. The van der Waals surface area contributed by atoms with E-state index in [1.165, 1.54) is 25.1 Å². The van der Waals surface area contributed by atoms with Crippen molar-refractivity contribution < 1.29 is 27.1 Å². The molecular weight excluding hydrogens is 243 g/mol. The molecule has 1 nitrogen and oxygen atoms in total. The Morgan fingerprint density at radius 1 is 1.12 bits per heavy atom. The third-order valence-corrected chi connectivity index (χ3v) is 2.41. The number of halogens is 5. The Bertz CT molecular complexity index is 386. The Kier molecular flexibility index (Phi) is 3.76. The van der Waals surface area contributed by atoms with Crippen LogP contribution in [-0.2, 0) is 0 Å². The van der Waals surface area contributed by atoms with Crippen LogP contribution in [-0.4, -0.2) is 17.2 Å². The molecule has 0 bridgehead atoms. The van der Waals surface area contributed by atoms with Crippen LogP contribution in [0.3, 0.4) is 0 Å². The summed E-state index contributed by atoms with van der Waals surface area (Å²) in [6.07, 6.45) is -9.15. The molecule has 1 aromatic carbocycles. The predicted molar refractivity (Wildman–Crippen MR) is 51.8 cm³/mol. The molecule has 0 aliphatic carbocycles. The van der Waals surface area contributed by atoms with Gasteiger partial charge in [-0.05, 0) is 18.1 Å². The summed E-state index contributed by atoms with van der Waals surface area (Å²) >= 11 is 0. The van der Waals surface area contributed by atoms with E-state index in [2.05, 4.69) is 0 Å². The molecule has 0 saturated carbocycles. The summed E-state index contributed by atoms with van der Waals surface area (Å²) in [5.74, 6) is -4.89. The molecule has 0 heterocycles. The Hall–Kier alpha value is -1.17. The molecule has 1 unspecified atom stereocenters. The van der Waals surface area contributed by atoms with Gasteiger partial charge in [0.1, 0.15) is 0 Å². The van der Waals surface area contributed by atoms with Crippen LogP contribution in [0, 0.1) is 6.92 Å². The van der Waals surface area contributed by atoms with E-state index < -0.39 is 24.6 Å². The van der Waals surface area contributed by atoms with E-state index in [0.29, 0.717) is 5.56 Å². The van der Waals surface area contributed by atoms with Gasteiger partial charge < -0.3 is 5.11 Å². The first-order chi connectivity index (χ1) is 7.65. The van der Waals surface area contributed by atoms with Gasteiger partial charge in [0.25, 0.3) is 0 Å². The molecule has 96 valence electrons. The third-order valence-electron chi connectivity index (χ3n) is 2.41. The maximum Gasteiger partial charge on any atom is 0.453 e. The topological polar surface area (TPSA) is 20.2 Å². The largest absolute Gasteiger partial charge is 0.453 e. The molecule has 17 heavy (non-hydrogen) atoms. The SMILES string of the molecule is Cc1ccccc1C(O)CC(F)(F)C(F)(F)F. The summed E-state index contributed by atoms with van der Waals surface area (Å²) in [7, 11) is 0. The van der Waals surface area contributed by atoms with E-state index >= 15 is 0 Å². The molecule has 0 spiro atoms. The fraction of sp³-hybridized carbons (Fsp3) is 0.455. The van der Waals surface area contributed by atoms with Crippen molar-refractivity contribution in [3.05, 3.63) is 35.4 Å². The van der Waals surface area contributed by atoms with Gasteiger partial charge in [-0.2, -0.15) is 22.0 Å². The molecule has 0 saturated heterocycles. The third kappa shape index (κ3) is 3.15. The molecule has 0 aromatic heterocycles. The first kappa shape index (κ1) is 13.9. The number of benzene rings is 1. The van der Waals surface area contributed by atoms with Gasteiger partial charge >= 0.3 is 12.1 Å². The highest BCUT2D eigenvalue weighted by atomic mass is 19.4. The van der Waals surface area contributed by atoms with Crippen molar-refractivity contribution in [3.63, 3.8) is 0 Å². The summed E-state index contributed by atoms with van der Waals surface area (Å²) in [5, 5.41) is 9.42. The van der Waals surface area contributed by atoms with Gasteiger partial charge in [0, 0.05) is 0 Å². The van der Waals surface area contributed by atoms with E-state index in [9.17, 15) is 27.1 Å². The van der Waals surface area contributed by atoms with Crippen molar-refractivity contribution in [1.29, 1.82) is 0 Å².